The van der Waals surface area contributed by atoms with Crippen LogP contribution in [0.2, 0.25) is 0 Å². The van der Waals surface area contributed by atoms with Crippen LogP contribution in [0.1, 0.15) is 25.5 Å². The van der Waals surface area contributed by atoms with Crippen LogP contribution >= 0.6 is 12.4 Å². The van der Waals surface area contributed by atoms with Gasteiger partial charge in [-0.1, -0.05) is 13.8 Å². The third-order valence-corrected chi connectivity index (χ3v) is 2.13. The Morgan fingerprint density at radius 2 is 1.86 bits per heavy atom. The number of hydrogen-bond acceptors (Lipinski definition) is 3. The number of aromatic hydroxyl groups is 1. The van der Waals surface area contributed by atoms with Crippen molar-refractivity contribution < 1.29 is 5.11 Å². The maximum absolute atomic E-state index is 9.52. The monoisotopic (exact) mass is 216 g/mol. The summed E-state index contributed by atoms with van der Waals surface area (Å²) in [5, 5.41) is 9.52. The summed E-state index contributed by atoms with van der Waals surface area (Å²) < 4.78 is 0. The van der Waals surface area contributed by atoms with Crippen molar-refractivity contribution in [1.82, 2.24) is 0 Å². The zero-order valence-corrected chi connectivity index (χ0v) is 9.21. The van der Waals surface area contributed by atoms with Gasteiger partial charge in [0.15, 0.2) is 0 Å². The van der Waals surface area contributed by atoms with Gasteiger partial charge in [0.2, 0.25) is 0 Å². The smallest absolute Gasteiger partial charge is 0.120 e. The average Bonchev–Trinajstić information content (AvgIpc) is 2.08. The Labute approximate surface area is 90.5 Å². The fourth-order valence-corrected chi connectivity index (χ4v) is 1.20. The van der Waals surface area contributed by atoms with Gasteiger partial charge in [-0.2, -0.15) is 0 Å². The van der Waals surface area contributed by atoms with E-state index in [0.717, 1.165) is 5.56 Å². The normalized spacial score (nSPS) is 12.3. The van der Waals surface area contributed by atoms with E-state index in [0.29, 0.717) is 5.69 Å². The first-order valence-corrected chi connectivity index (χ1v) is 4.36. The van der Waals surface area contributed by atoms with E-state index in [4.69, 9.17) is 11.5 Å². The van der Waals surface area contributed by atoms with Crippen molar-refractivity contribution in [1.29, 1.82) is 0 Å². The van der Waals surface area contributed by atoms with Gasteiger partial charge in [-0.3, -0.25) is 0 Å². The van der Waals surface area contributed by atoms with Crippen molar-refractivity contribution in [2.24, 2.45) is 11.7 Å². The van der Waals surface area contributed by atoms with E-state index >= 15 is 0 Å². The van der Waals surface area contributed by atoms with E-state index in [-0.39, 0.29) is 30.1 Å². The van der Waals surface area contributed by atoms with Crippen molar-refractivity contribution in [3.63, 3.8) is 0 Å². The average molecular weight is 217 g/mol. The van der Waals surface area contributed by atoms with Crippen LogP contribution in [0.25, 0.3) is 0 Å². The van der Waals surface area contributed by atoms with Crippen LogP contribution in [0.4, 0.5) is 5.69 Å². The molecule has 1 aromatic carbocycles. The molecule has 0 aliphatic carbocycles. The predicted molar refractivity (Wildman–Crippen MR) is 61.5 cm³/mol. The lowest BCUT2D eigenvalue weighted by Gasteiger charge is -2.17. The molecule has 0 bridgehead atoms. The largest absolute Gasteiger partial charge is 0.508 e. The molecular formula is C10H17ClN2O. The molecule has 4 heteroatoms. The van der Waals surface area contributed by atoms with Gasteiger partial charge in [-0.15, -0.1) is 12.4 Å². The molecule has 1 atom stereocenters. The summed E-state index contributed by atoms with van der Waals surface area (Å²) >= 11 is 0. The number of halogens is 1. The van der Waals surface area contributed by atoms with Crippen LogP contribution in [0, 0.1) is 5.92 Å². The van der Waals surface area contributed by atoms with Gasteiger partial charge in [-0.25, -0.2) is 0 Å². The molecule has 80 valence electrons. The third kappa shape index (κ3) is 2.79. The van der Waals surface area contributed by atoms with Crippen molar-refractivity contribution >= 4 is 18.1 Å². The Morgan fingerprint density at radius 1 is 1.29 bits per heavy atom. The van der Waals surface area contributed by atoms with E-state index in [1.165, 1.54) is 0 Å². The van der Waals surface area contributed by atoms with Crippen LogP contribution in [0.3, 0.4) is 0 Å². The van der Waals surface area contributed by atoms with Crippen molar-refractivity contribution in [2.45, 2.75) is 19.9 Å². The first-order valence-electron chi connectivity index (χ1n) is 4.36. The van der Waals surface area contributed by atoms with Crippen molar-refractivity contribution in [3.05, 3.63) is 23.8 Å². The van der Waals surface area contributed by atoms with E-state index in [9.17, 15) is 5.11 Å². The van der Waals surface area contributed by atoms with E-state index < -0.39 is 0 Å². The minimum absolute atomic E-state index is 0. The number of benzene rings is 1. The molecule has 0 aromatic heterocycles. The Balaban J connectivity index is 0.00000169. The molecule has 0 aliphatic rings. The maximum atomic E-state index is 9.52. The molecule has 0 spiro atoms. The van der Waals surface area contributed by atoms with E-state index in [1.54, 1.807) is 18.2 Å². The lowest BCUT2D eigenvalue weighted by atomic mass is 9.96. The van der Waals surface area contributed by atoms with Gasteiger partial charge >= 0.3 is 0 Å². The van der Waals surface area contributed by atoms with Crippen LogP contribution in [0.5, 0.6) is 5.75 Å². The fraction of sp³-hybridized carbons (Fsp3) is 0.400. The van der Waals surface area contributed by atoms with Crippen LogP contribution in [0.15, 0.2) is 18.2 Å². The van der Waals surface area contributed by atoms with Gasteiger partial charge in [0.25, 0.3) is 0 Å². The molecule has 0 radical (unpaired) electrons. The molecule has 0 aliphatic heterocycles. The number of phenols is 1. The summed E-state index contributed by atoms with van der Waals surface area (Å²) in [5.74, 6) is 0.503. The summed E-state index contributed by atoms with van der Waals surface area (Å²) in [5.41, 5.74) is 12.8. The molecule has 0 saturated carbocycles. The predicted octanol–water partition coefficient (Wildman–Crippen LogP) is 2.05. The van der Waals surface area contributed by atoms with Crippen LogP contribution < -0.4 is 11.5 Å². The molecule has 1 aromatic rings. The minimum Gasteiger partial charge on any atom is -0.508 e. The number of nitrogen functional groups attached to an aromatic ring is 1. The second kappa shape index (κ2) is 5.08. The highest BCUT2D eigenvalue weighted by Crippen LogP contribution is 2.28. The highest BCUT2D eigenvalue weighted by molar-refractivity contribution is 5.85. The summed E-state index contributed by atoms with van der Waals surface area (Å²) in [6, 6.07) is 4.79. The van der Waals surface area contributed by atoms with E-state index in [2.05, 4.69) is 0 Å². The Kier molecular flexibility index (Phi) is 4.74. The quantitative estimate of drug-likeness (QED) is 0.524. The minimum atomic E-state index is -0.163. The van der Waals surface area contributed by atoms with Crippen LogP contribution in [-0.2, 0) is 0 Å². The lowest BCUT2D eigenvalue weighted by molar-refractivity contribution is 0.440. The molecule has 14 heavy (non-hydrogen) atoms. The highest BCUT2D eigenvalue weighted by Gasteiger charge is 2.14. The fourth-order valence-electron chi connectivity index (χ4n) is 1.20. The second-order valence-corrected chi connectivity index (χ2v) is 3.59. The number of phenolic OH excluding ortho intramolecular Hbond substituents is 1. The van der Waals surface area contributed by atoms with Gasteiger partial charge in [0.1, 0.15) is 5.75 Å². The molecule has 1 rings (SSSR count). The molecule has 0 saturated heterocycles. The van der Waals surface area contributed by atoms with Crippen molar-refractivity contribution in [2.75, 3.05) is 5.73 Å². The first-order chi connectivity index (χ1) is 6.02. The van der Waals surface area contributed by atoms with Crippen LogP contribution in [-0.4, -0.2) is 5.11 Å². The molecule has 0 amide bonds. The summed E-state index contributed by atoms with van der Waals surface area (Å²) in [6.07, 6.45) is 0. The van der Waals surface area contributed by atoms with E-state index in [1.807, 2.05) is 13.8 Å². The molecule has 5 N–H and O–H groups in total. The molecule has 0 fully saturated rings. The van der Waals surface area contributed by atoms with Gasteiger partial charge in [-0.05, 0) is 24.1 Å². The van der Waals surface area contributed by atoms with Gasteiger partial charge < -0.3 is 16.6 Å². The zero-order valence-electron chi connectivity index (χ0n) is 8.40. The molecule has 0 heterocycles. The highest BCUT2D eigenvalue weighted by atomic mass is 35.5. The van der Waals surface area contributed by atoms with Gasteiger partial charge in [0.05, 0.1) is 0 Å². The number of nitrogens with two attached hydrogens (primary N) is 2. The lowest BCUT2D eigenvalue weighted by Crippen LogP contribution is -2.16. The second-order valence-electron chi connectivity index (χ2n) is 3.59. The molecule has 1 unspecified atom stereocenters. The first kappa shape index (κ1) is 13.1. The standard InChI is InChI=1S/C10H16N2O.ClH/c1-6(2)10(12)8-5-7(11)3-4-9(8)13;/h3-6,10,13H,11-12H2,1-2H3;1H. The zero-order chi connectivity index (χ0) is 10.0. The Morgan fingerprint density at radius 3 is 2.36 bits per heavy atom. The number of anilines is 1. The molecular weight excluding hydrogens is 200 g/mol. The van der Waals surface area contributed by atoms with Gasteiger partial charge in [0, 0.05) is 17.3 Å². The Hall–Kier alpha value is -0.930. The molecule has 3 nitrogen and oxygen atoms in total. The topological polar surface area (TPSA) is 72.3 Å². The SMILES string of the molecule is CC(C)C(N)c1cc(N)ccc1O.Cl. The maximum Gasteiger partial charge on any atom is 0.120 e. The third-order valence-electron chi connectivity index (χ3n) is 2.13. The summed E-state index contributed by atoms with van der Waals surface area (Å²) in [6.45, 7) is 4.01. The number of rotatable bonds is 2. The Bertz CT molecular complexity index is 302. The summed E-state index contributed by atoms with van der Waals surface area (Å²) in [4.78, 5) is 0. The number of hydrogen-bond donors (Lipinski definition) is 3. The summed E-state index contributed by atoms with van der Waals surface area (Å²) in [7, 11) is 0. The van der Waals surface area contributed by atoms with Crippen molar-refractivity contribution in [3.8, 4) is 5.75 Å².